The Hall–Kier alpha value is -1.57. The number of carbonyl (C=O) groups is 1. The lowest BCUT2D eigenvalue weighted by Crippen LogP contribution is -2.21. The van der Waals surface area contributed by atoms with Crippen molar-refractivity contribution in [3.8, 4) is 0 Å². The molecule has 1 N–H and O–H groups in total. The SMILES string of the molecule is C=CC(=O)NCc1c(C)cccc1C. The molecule has 0 aliphatic heterocycles. The van der Waals surface area contributed by atoms with Crippen LogP contribution in [0.4, 0.5) is 0 Å². The minimum Gasteiger partial charge on any atom is -0.348 e. The molecule has 1 rings (SSSR count). The lowest BCUT2D eigenvalue weighted by Gasteiger charge is -2.09. The summed E-state index contributed by atoms with van der Waals surface area (Å²) < 4.78 is 0. The summed E-state index contributed by atoms with van der Waals surface area (Å²) in [5.41, 5.74) is 3.59. The molecule has 74 valence electrons. The second kappa shape index (κ2) is 4.61. The Labute approximate surface area is 84.6 Å². The Morgan fingerprint density at radius 2 is 2.00 bits per heavy atom. The lowest BCUT2D eigenvalue weighted by molar-refractivity contribution is -0.116. The molecule has 1 amide bonds. The van der Waals surface area contributed by atoms with E-state index in [1.165, 1.54) is 22.8 Å². The maximum absolute atomic E-state index is 11.0. The van der Waals surface area contributed by atoms with E-state index in [-0.39, 0.29) is 5.91 Å². The zero-order valence-electron chi connectivity index (χ0n) is 8.63. The highest BCUT2D eigenvalue weighted by Gasteiger charge is 2.02. The van der Waals surface area contributed by atoms with Crippen molar-refractivity contribution in [2.75, 3.05) is 0 Å². The third-order valence-corrected chi connectivity index (χ3v) is 2.27. The molecule has 0 aromatic heterocycles. The molecule has 1 aromatic rings. The summed E-state index contributed by atoms with van der Waals surface area (Å²) in [6, 6.07) is 6.11. The van der Waals surface area contributed by atoms with Gasteiger partial charge in [-0.15, -0.1) is 0 Å². The van der Waals surface area contributed by atoms with Crippen molar-refractivity contribution in [1.82, 2.24) is 5.32 Å². The summed E-state index contributed by atoms with van der Waals surface area (Å²) in [6.07, 6.45) is 1.29. The molecule has 0 saturated heterocycles. The number of rotatable bonds is 3. The van der Waals surface area contributed by atoms with E-state index in [1.807, 2.05) is 32.0 Å². The molecule has 0 aliphatic rings. The standard InChI is InChI=1S/C12H15NO/c1-4-12(14)13-8-11-9(2)6-5-7-10(11)3/h4-7H,1,8H2,2-3H3,(H,13,14). The normalized spacial score (nSPS) is 9.57. The van der Waals surface area contributed by atoms with Gasteiger partial charge < -0.3 is 5.32 Å². The average molecular weight is 189 g/mol. The fourth-order valence-electron chi connectivity index (χ4n) is 1.38. The molecule has 0 spiro atoms. The first kappa shape index (κ1) is 10.5. The third-order valence-electron chi connectivity index (χ3n) is 2.27. The second-order valence-corrected chi connectivity index (χ2v) is 3.29. The van der Waals surface area contributed by atoms with Gasteiger partial charge in [-0.1, -0.05) is 24.8 Å². The van der Waals surface area contributed by atoms with Crippen molar-refractivity contribution in [1.29, 1.82) is 0 Å². The molecule has 0 saturated carbocycles. The van der Waals surface area contributed by atoms with Crippen molar-refractivity contribution >= 4 is 5.91 Å². The van der Waals surface area contributed by atoms with Crippen LogP contribution in [0.25, 0.3) is 0 Å². The molecule has 14 heavy (non-hydrogen) atoms. The van der Waals surface area contributed by atoms with E-state index in [0.717, 1.165) is 0 Å². The van der Waals surface area contributed by atoms with E-state index in [1.54, 1.807) is 0 Å². The van der Waals surface area contributed by atoms with Gasteiger partial charge in [-0.25, -0.2) is 0 Å². The van der Waals surface area contributed by atoms with Gasteiger partial charge in [-0.2, -0.15) is 0 Å². The van der Waals surface area contributed by atoms with E-state index < -0.39 is 0 Å². The Morgan fingerprint density at radius 3 is 2.50 bits per heavy atom. The van der Waals surface area contributed by atoms with Gasteiger partial charge in [0.15, 0.2) is 0 Å². The first-order valence-electron chi connectivity index (χ1n) is 4.60. The first-order chi connectivity index (χ1) is 6.65. The molecule has 2 heteroatoms. The highest BCUT2D eigenvalue weighted by Crippen LogP contribution is 2.12. The summed E-state index contributed by atoms with van der Waals surface area (Å²) in [6.45, 7) is 8.07. The van der Waals surface area contributed by atoms with Crippen LogP contribution in [-0.2, 0) is 11.3 Å². The number of amides is 1. The van der Waals surface area contributed by atoms with E-state index >= 15 is 0 Å². The predicted molar refractivity (Wildman–Crippen MR) is 58.0 cm³/mol. The van der Waals surface area contributed by atoms with Gasteiger partial charge >= 0.3 is 0 Å². The molecule has 0 aliphatic carbocycles. The van der Waals surface area contributed by atoms with Crippen LogP contribution in [0.5, 0.6) is 0 Å². The molecule has 0 unspecified atom stereocenters. The van der Waals surface area contributed by atoms with Gasteiger partial charge in [0, 0.05) is 6.54 Å². The second-order valence-electron chi connectivity index (χ2n) is 3.29. The molecule has 0 atom stereocenters. The van der Waals surface area contributed by atoms with Crippen molar-refractivity contribution in [3.05, 3.63) is 47.5 Å². The molecular formula is C12H15NO. The third kappa shape index (κ3) is 2.46. The number of aryl methyl sites for hydroxylation is 2. The number of hydrogen-bond donors (Lipinski definition) is 1. The quantitative estimate of drug-likeness (QED) is 0.725. The van der Waals surface area contributed by atoms with Crippen LogP contribution < -0.4 is 5.32 Å². The minimum atomic E-state index is -0.132. The Balaban J connectivity index is 2.76. The van der Waals surface area contributed by atoms with Crippen LogP contribution >= 0.6 is 0 Å². The number of benzene rings is 1. The summed E-state index contributed by atoms with van der Waals surface area (Å²) in [7, 11) is 0. The average Bonchev–Trinajstić information content (AvgIpc) is 2.16. The van der Waals surface area contributed by atoms with Crippen LogP contribution in [0.3, 0.4) is 0 Å². The van der Waals surface area contributed by atoms with Crippen molar-refractivity contribution in [3.63, 3.8) is 0 Å². The molecule has 0 radical (unpaired) electrons. The highest BCUT2D eigenvalue weighted by atomic mass is 16.1. The van der Waals surface area contributed by atoms with Crippen LogP contribution in [-0.4, -0.2) is 5.91 Å². The van der Waals surface area contributed by atoms with Gasteiger partial charge in [0.05, 0.1) is 0 Å². The van der Waals surface area contributed by atoms with Crippen molar-refractivity contribution in [2.45, 2.75) is 20.4 Å². The summed E-state index contributed by atoms with van der Waals surface area (Å²) >= 11 is 0. The minimum absolute atomic E-state index is 0.132. The van der Waals surface area contributed by atoms with Crippen molar-refractivity contribution in [2.24, 2.45) is 0 Å². The van der Waals surface area contributed by atoms with E-state index in [0.29, 0.717) is 6.54 Å². The fourth-order valence-corrected chi connectivity index (χ4v) is 1.38. The Kier molecular flexibility index (Phi) is 3.46. The predicted octanol–water partition coefficient (Wildman–Crippen LogP) is 2.11. The van der Waals surface area contributed by atoms with Gasteiger partial charge in [0.2, 0.25) is 5.91 Å². The topological polar surface area (TPSA) is 29.1 Å². The highest BCUT2D eigenvalue weighted by molar-refractivity contribution is 5.86. The molecule has 0 fully saturated rings. The van der Waals surface area contributed by atoms with Crippen LogP contribution in [0.1, 0.15) is 16.7 Å². The number of hydrogen-bond acceptors (Lipinski definition) is 1. The summed E-state index contributed by atoms with van der Waals surface area (Å²) in [4.78, 5) is 11.0. The van der Waals surface area contributed by atoms with Gasteiger partial charge in [0.25, 0.3) is 0 Å². The Bertz CT molecular complexity index is 335. The van der Waals surface area contributed by atoms with Crippen molar-refractivity contribution < 1.29 is 4.79 Å². The maximum atomic E-state index is 11.0. The van der Waals surface area contributed by atoms with Gasteiger partial charge in [0.1, 0.15) is 0 Å². The largest absolute Gasteiger partial charge is 0.348 e. The maximum Gasteiger partial charge on any atom is 0.243 e. The lowest BCUT2D eigenvalue weighted by atomic mass is 10.0. The smallest absolute Gasteiger partial charge is 0.243 e. The van der Waals surface area contributed by atoms with Gasteiger partial charge in [-0.05, 0) is 36.6 Å². The molecule has 0 bridgehead atoms. The van der Waals surface area contributed by atoms with Gasteiger partial charge in [-0.3, -0.25) is 4.79 Å². The molecule has 0 heterocycles. The molecular weight excluding hydrogens is 174 g/mol. The number of carbonyl (C=O) groups excluding carboxylic acids is 1. The molecule has 1 aromatic carbocycles. The summed E-state index contributed by atoms with van der Waals surface area (Å²) in [5, 5.41) is 2.77. The number of nitrogens with one attached hydrogen (secondary N) is 1. The Morgan fingerprint density at radius 1 is 1.43 bits per heavy atom. The molecule has 2 nitrogen and oxygen atoms in total. The van der Waals surface area contributed by atoms with Crippen LogP contribution in [0.15, 0.2) is 30.9 Å². The van der Waals surface area contributed by atoms with E-state index in [9.17, 15) is 4.79 Å². The van der Waals surface area contributed by atoms with E-state index in [4.69, 9.17) is 0 Å². The van der Waals surface area contributed by atoms with E-state index in [2.05, 4.69) is 11.9 Å². The first-order valence-corrected chi connectivity index (χ1v) is 4.60. The van der Waals surface area contributed by atoms with Crippen LogP contribution in [0, 0.1) is 13.8 Å². The summed E-state index contributed by atoms with van der Waals surface area (Å²) in [5.74, 6) is -0.132. The monoisotopic (exact) mass is 189 g/mol. The van der Waals surface area contributed by atoms with Crippen LogP contribution in [0.2, 0.25) is 0 Å². The fraction of sp³-hybridized carbons (Fsp3) is 0.250. The zero-order chi connectivity index (χ0) is 10.6. The zero-order valence-corrected chi connectivity index (χ0v) is 8.63.